The Hall–Kier alpha value is -4.20. The van der Waals surface area contributed by atoms with Crippen molar-refractivity contribution in [2.24, 2.45) is 0 Å². The van der Waals surface area contributed by atoms with Gasteiger partial charge >= 0.3 is 6.09 Å². The Morgan fingerprint density at radius 2 is 1.84 bits per heavy atom. The molecule has 4 aromatic rings. The zero-order valence-electron chi connectivity index (χ0n) is 16.9. The molecule has 0 fully saturated rings. The number of anilines is 2. The third kappa shape index (κ3) is 3.83. The molecule has 0 saturated heterocycles. The summed E-state index contributed by atoms with van der Waals surface area (Å²) in [6.45, 7) is 1.08. The number of hydrogen-bond donors (Lipinski definition) is 2. The number of benzene rings is 2. The van der Waals surface area contributed by atoms with E-state index >= 15 is 0 Å². The van der Waals surface area contributed by atoms with E-state index in [1.807, 2.05) is 54.7 Å². The van der Waals surface area contributed by atoms with Gasteiger partial charge in [-0.2, -0.15) is 5.10 Å². The first-order chi connectivity index (χ1) is 15.2. The van der Waals surface area contributed by atoms with Crippen LogP contribution < -0.4 is 5.32 Å². The lowest BCUT2D eigenvalue weighted by molar-refractivity contribution is 0.123. The van der Waals surface area contributed by atoms with Gasteiger partial charge in [-0.25, -0.2) is 14.8 Å². The number of carbonyl (C=O) groups excluding carboxylic acids is 1. The third-order valence-electron chi connectivity index (χ3n) is 5.26. The number of H-pyrrole nitrogens is 1. The molecule has 31 heavy (non-hydrogen) atoms. The number of ether oxygens (including phenoxy) is 1. The van der Waals surface area contributed by atoms with Crippen LogP contribution in [-0.4, -0.2) is 38.3 Å². The third-order valence-corrected chi connectivity index (χ3v) is 5.26. The Morgan fingerprint density at radius 3 is 2.61 bits per heavy atom. The van der Waals surface area contributed by atoms with E-state index in [2.05, 4.69) is 25.5 Å². The molecule has 0 aliphatic carbocycles. The number of amides is 1. The van der Waals surface area contributed by atoms with Crippen LogP contribution in [0.25, 0.3) is 22.5 Å². The monoisotopic (exact) mass is 412 g/mol. The Kier molecular flexibility index (Phi) is 4.80. The van der Waals surface area contributed by atoms with Gasteiger partial charge in [-0.15, -0.1) is 0 Å². The number of carbonyl (C=O) groups is 1. The SMILES string of the molecule is COC(=O)N1Cc2ccc(-c3nccc(Nc4ccc(-c5cn[nH]c5)cc4)n3)cc2C1. The lowest BCUT2D eigenvalue weighted by Crippen LogP contribution is -2.24. The fourth-order valence-electron chi connectivity index (χ4n) is 3.66. The summed E-state index contributed by atoms with van der Waals surface area (Å²) in [6, 6.07) is 15.9. The average Bonchev–Trinajstić information content (AvgIpc) is 3.49. The molecule has 0 unspecified atom stereocenters. The molecule has 3 heterocycles. The van der Waals surface area contributed by atoms with Gasteiger partial charge in [0.05, 0.1) is 13.3 Å². The summed E-state index contributed by atoms with van der Waals surface area (Å²) in [6.07, 6.45) is 5.07. The molecule has 0 atom stereocenters. The van der Waals surface area contributed by atoms with Crippen molar-refractivity contribution in [3.05, 3.63) is 78.2 Å². The number of rotatable bonds is 4. The predicted molar refractivity (Wildman–Crippen MR) is 116 cm³/mol. The van der Waals surface area contributed by atoms with Gasteiger partial charge < -0.3 is 10.1 Å². The van der Waals surface area contributed by atoms with Crippen molar-refractivity contribution in [1.29, 1.82) is 0 Å². The average molecular weight is 412 g/mol. The molecular weight excluding hydrogens is 392 g/mol. The molecule has 8 nitrogen and oxygen atoms in total. The maximum atomic E-state index is 11.8. The minimum absolute atomic E-state index is 0.320. The van der Waals surface area contributed by atoms with Crippen LogP contribution in [0.3, 0.4) is 0 Å². The molecule has 1 aliphatic heterocycles. The Morgan fingerprint density at radius 1 is 1.03 bits per heavy atom. The molecule has 0 bridgehead atoms. The van der Waals surface area contributed by atoms with Crippen molar-refractivity contribution >= 4 is 17.6 Å². The largest absolute Gasteiger partial charge is 0.453 e. The molecule has 1 aliphatic rings. The molecule has 0 spiro atoms. The van der Waals surface area contributed by atoms with Gasteiger partial charge in [0.1, 0.15) is 5.82 Å². The highest BCUT2D eigenvalue weighted by molar-refractivity contribution is 5.70. The van der Waals surface area contributed by atoms with E-state index < -0.39 is 0 Å². The summed E-state index contributed by atoms with van der Waals surface area (Å²) in [5, 5.41) is 10.1. The van der Waals surface area contributed by atoms with Gasteiger partial charge in [-0.05, 0) is 41.0 Å². The van der Waals surface area contributed by atoms with Crippen LogP contribution in [0.2, 0.25) is 0 Å². The summed E-state index contributed by atoms with van der Waals surface area (Å²) >= 11 is 0. The number of aromatic nitrogens is 4. The van der Waals surface area contributed by atoms with Crippen molar-refractivity contribution in [2.75, 3.05) is 12.4 Å². The van der Waals surface area contributed by atoms with Crippen LogP contribution >= 0.6 is 0 Å². The number of hydrogen-bond acceptors (Lipinski definition) is 6. The normalized spacial score (nSPS) is 12.5. The second-order valence-electron chi connectivity index (χ2n) is 7.26. The van der Waals surface area contributed by atoms with E-state index in [0.29, 0.717) is 24.7 Å². The molecule has 2 aromatic carbocycles. The summed E-state index contributed by atoms with van der Waals surface area (Å²) < 4.78 is 4.83. The maximum absolute atomic E-state index is 11.8. The van der Waals surface area contributed by atoms with Crippen molar-refractivity contribution in [3.63, 3.8) is 0 Å². The maximum Gasteiger partial charge on any atom is 0.410 e. The molecular formula is C23H20N6O2. The highest BCUT2D eigenvalue weighted by Crippen LogP contribution is 2.28. The number of nitrogens with one attached hydrogen (secondary N) is 2. The van der Waals surface area contributed by atoms with E-state index in [9.17, 15) is 4.79 Å². The van der Waals surface area contributed by atoms with Gasteiger partial charge in [0.2, 0.25) is 0 Å². The van der Waals surface area contributed by atoms with E-state index in [-0.39, 0.29) is 6.09 Å². The smallest absolute Gasteiger partial charge is 0.410 e. The zero-order chi connectivity index (χ0) is 21.2. The first-order valence-electron chi connectivity index (χ1n) is 9.84. The summed E-state index contributed by atoms with van der Waals surface area (Å²) in [4.78, 5) is 22.6. The minimum atomic E-state index is -0.320. The molecule has 154 valence electrons. The van der Waals surface area contributed by atoms with Crippen LogP contribution in [0.5, 0.6) is 0 Å². The molecule has 2 N–H and O–H groups in total. The predicted octanol–water partition coefficient (Wildman–Crippen LogP) is 4.36. The summed E-state index contributed by atoms with van der Waals surface area (Å²) in [7, 11) is 1.40. The van der Waals surface area contributed by atoms with Gasteiger partial charge in [0.15, 0.2) is 5.82 Å². The second kappa shape index (κ2) is 7.91. The molecule has 0 saturated carbocycles. The molecule has 1 amide bonds. The number of nitrogens with zero attached hydrogens (tertiary/aromatic N) is 4. The molecule has 0 radical (unpaired) electrons. The van der Waals surface area contributed by atoms with E-state index in [1.54, 1.807) is 17.3 Å². The first-order valence-corrected chi connectivity index (χ1v) is 9.84. The van der Waals surface area contributed by atoms with Crippen LogP contribution in [0, 0.1) is 0 Å². The number of aromatic amines is 1. The quantitative estimate of drug-likeness (QED) is 0.517. The molecule has 5 rings (SSSR count). The summed E-state index contributed by atoms with van der Waals surface area (Å²) in [5.41, 5.74) is 6.16. The van der Waals surface area contributed by atoms with Gasteiger partial charge in [0, 0.05) is 42.3 Å². The number of methoxy groups -OCH3 is 1. The molecule has 2 aromatic heterocycles. The van der Waals surface area contributed by atoms with Gasteiger partial charge in [0.25, 0.3) is 0 Å². The first kappa shape index (κ1) is 18.8. The van der Waals surface area contributed by atoms with Crippen LogP contribution in [0.15, 0.2) is 67.1 Å². The second-order valence-corrected chi connectivity index (χ2v) is 7.26. The number of fused-ring (bicyclic) bond motifs is 1. The van der Waals surface area contributed by atoms with Crippen LogP contribution in [0.1, 0.15) is 11.1 Å². The molecule has 8 heteroatoms. The van der Waals surface area contributed by atoms with Crippen LogP contribution in [-0.2, 0) is 17.8 Å². The fraction of sp³-hybridized carbons (Fsp3) is 0.130. The fourth-order valence-corrected chi connectivity index (χ4v) is 3.66. The van der Waals surface area contributed by atoms with Crippen molar-refractivity contribution < 1.29 is 9.53 Å². The van der Waals surface area contributed by atoms with Crippen molar-refractivity contribution in [3.8, 4) is 22.5 Å². The standard InChI is InChI=1S/C23H20N6O2/c1-31-23(30)29-13-17-3-2-16(10-18(17)14-29)22-24-9-8-21(28-22)27-20-6-4-15(5-7-20)19-11-25-26-12-19/h2-12H,13-14H2,1H3,(H,25,26)(H,24,27,28). The Bertz CT molecular complexity index is 1220. The minimum Gasteiger partial charge on any atom is -0.453 e. The topological polar surface area (TPSA) is 96.0 Å². The van der Waals surface area contributed by atoms with E-state index in [1.165, 1.54) is 7.11 Å². The lowest BCUT2D eigenvalue weighted by Gasteiger charge is -2.12. The Labute approximate surface area is 178 Å². The highest BCUT2D eigenvalue weighted by atomic mass is 16.5. The van der Waals surface area contributed by atoms with Crippen molar-refractivity contribution in [2.45, 2.75) is 13.1 Å². The Balaban J connectivity index is 1.34. The van der Waals surface area contributed by atoms with Gasteiger partial charge in [-0.1, -0.05) is 24.3 Å². The van der Waals surface area contributed by atoms with E-state index in [0.717, 1.165) is 33.5 Å². The van der Waals surface area contributed by atoms with Gasteiger partial charge in [-0.3, -0.25) is 10.00 Å². The van der Waals surface area contributed by atoms with Crippen molar-refractivity contribution in [1.82, 2.24) is 25.1 Å². The highest BCUT2D eigenvalue weighted by Gasteiger charge is 2.24. The lowest BCUT2D eigenvalue weighted by atomic mass is 10.1. The summed E-state index contributed by atoms with van der Waals surface area (Å²) in [5.74, 6) is 1.33. The van der Waals surface area contributed by atoms with E-state index in [4.69, 9.17) is 4.74 Å². The zero-order valence-corrected chi connectivity index (χ0v) is 16.9. The van der Waals surface area contributed by atoms with Crippen LogP contribution in [0.4, 0.5) is 16.3 Å².